The molecule has 0 saturated heterocycles. The number of aromatic amines is 1. The maximum atomic E-state index is 12.7. The van der Waals surface area contributed by atoms with Gasteiger partial charge in [0.1, 0.15) is 11.5 Å². The Morgan fingerprint density at radius 2 is 2.50 bits per heavy atom. The van der Waals surface area contributed by atoms with Crippen molar-refractivity contribution in [3.8, 4) is 0 Å². The molecule has 0 atom stereocenters. The van der Waals surface area contributed by atoms with Crippen LogP contribution in [0, 0.1) is 11.9 Å². The summed E-state index contributed by atoms with van der Waals surface area (Å²) in [7, 11) is 0. The van der Waals surface area contributed by atoms with Gasteiger partial charge in [-0.1, -0.05) is 0 Å². The normalized spacial score (nSPS) is 10.5. The summed E-state index contributed by atoms with van der Waals surface area (Å²) in [6.45, 7) is 0. The maximum Gasteiger partial charge on any atom is 0.150 e. The Morgan fingerprint density at radius 3 is 3.30 bits per heavy atom. The van der Waals surface area contributed by atoms with Crippen LogP contribution in [0.4, 0.5) is 4.39 Å². The second-order valence-corrected chi connectivity index (χ2v) is 1.97. The summed E-state index contributed by atoms with van der Waals surface area (Å²) in [5, 5.41) is 0.488. The van der Waals surface area contributed by atoms with Crippen LogP contribution in [0.15, 0.2) is 18.5 Å². The third kappa shape index (κ3) is 0.603. The van der Waals surface area contributed by atoms with E-state index >= 15 is 0 Å². The van der Waals surface area contributed by atoms with Crippen LogP contribution in [0.3, 0.4) is 0 Å². The lowest BCUT2D eigenvalue weighted by atomic mass is 10.3. The van der Waals surface area contributed by atoms with E-state index in [1.807, 2.05) is 0 Å². The molecule has 1 N–H and O–H groups in total. The zero-order valence-corrected chi connectivity index (χ0v) is 5.06. The van der Waals surface area contributed by atoms with Gasteiger partial charge in [0.25, 0.3) is 0 Å². The lowest BCUT2D eigenvalue weighted by Gasteiger charge is -1.83. The van der Waals surface area contributed by atoms with Crippen LogP contribution in [-0.4, -0.2) is 9.97 Å². The molecule has 10 heavy (non-hydrogen) atoms. The summed E-state index contributed by atoms with van der Waals surface area (Å²) in [6, 6.07) is 4.25. The number of aromatic nitrogens is 2. The fourth-order valence-electron chi connectivity index (χ4n) is 0.867. The average molecular weight is 135 g/mol. The highest BCUT2D eigenvalue weighted by Gasteiger charge is 1.99. The molecule has 0 spiro atoms. The second kappa shape index (κ2) is 1.80. The summed E-state index contributed by atoms with van der Waals surface area (Å²) in [6.07, 6.45) is 2.78. The number of nitrogens with one attached hydrogen (secondary N) is 1. The van der Waals surface area contributed by atoms with Crippen molar-refractivity contribution in [2.75, 3.05) is 0 Å². The summed E-state index contributed by atoms with van der Waals surface area (Å²) in [5.41, 5.74) is 0.566. The van der Waals surface area contributed by atoms with Crippen LogP contribution in [-0.2, 0) is 0 Å². The first-order valence-corrected chi connectivity index (χ1v) is 2.86. The molecule has 0 fully saturated rings. The Hall–Kier alpha value is -1.38. The molecular formula is C7H4FN2. The van der Waals surface area contributed by atoms with Gasteiger partial charge in [0.2, 0.25) is 0 Å². The first kappa shape index (κ1) is 5.41. The van der Waals surface area contributed by atoms with Crippen LogP contribution in [0.5, 0.6) is 0 Å². The van der Waals surface area contributed by atoms with E-state index in [2.05, 4.69) is 16.0 Å². The Balaban J connectivity index is 2.93. The molecule has 2 aromatic heterocycles. The third-order valence-electron chi connectivity index (χ3n) is 1.34. The minimum atomic E-state index is -0.278. The molecule has 0 aliphatic carbocycles. The largest absolute Gasteiger partial charge is 0.343 e. The minimum absolute atomic E-state index is 0.278. The first-order chi connectivity index (χ1) is 4.88. The molecule has 2 aromatic rings. The summed E-state index contributed by atoms with van der Waals surface area (Å²) < 4.78 is 12.7. The molecule has 0 amide bonds. The smallest absolute Gasteiger partial charge is 0.150 e. The Labute approximate surface area is 56.7 Å². The Bertz CT molecular complexity index is 353. The Morgan fingerprint density at radius 1 is 1.60 bits per heavy atom. The highest BCUT2D eigenvalue weighted by atomic mass is 19.1. The van der Waals surface area contributed by atoms with E-state index in [1.54, 1.807) is 6.07 Å². The summed E-state index contributed by atoms with van der Waals surface area (Å²) in [4.78, 5) is 6.53. The van der Waals surface area contributed by atoms with E-state index in [4.69, 9.17) is 0 Å². The van der Waals surface area contributed by atoms with Crippen LogP contribution < -0.4 is 0 Å². The molecule has 0 aliphatic heterocycles. The van der Waals surface area contributed by atoms with Gasteiger partial charge in [-0.3, -0.25) is 0 Å². The van der Waals surface area contributed by atoms with Crippen molar-refractivity contribution in [2.24, 2.45) is 0 Å². The molecule has 2 heterocycles. The standard InChI is InChI=1S/C7H4FN2/c8-6-4-10-7-5(6)2-1-3-9-7/h2-4H,(H,9,10). The summed E-state index contributed by atoms with van der Waals surface area (Å²) in [5.74, 6) is -0.278. The highest BCUT2D eigenvalue weighted by Crippen LogP contribution is 2.11. The number of rotatable bonds is 0. The number of fused-ring (bicyclic) bond motifs is 1. The van der Waals surface area contributed by atoms with Crippen molar-refractivity contribution in [1.29, 1.82) is 0 Å². The second-order valence-electron chi connectivity index (χ2n) is 1.97. The molecule has 2 rings (SSSR count). The maximum absolute atomic E-state index is 12.7. The topological polar surface area (TPSA) is 28.7 Å². The van der Waals surface area contributed by atoms with Gasteiger partial charge >= 0.3 is 0 Å². The molecule has 3 heteroatoms. The minimum Gasteiger partial charge on any atom is -0.343 e. The van der Waals surface area contributed by atoms with Crippen molar-refractivity contribution in [1.82, 2.24) is 9.97 Å². The molecular weight excluding hydrogens is 131 g/mol. The lowest BCUT2D eigenvalue weighted by Crippen LogP contribution is -1.72. The van der Waals surface area contributed by atoms with Crippen molar-refractivity contribution < 1.29 is 4.39 Å². The fourth-order valence-corrected chi connectivity index (χ4v) is 0.867. The molecule has 0 aromatic carbocycles. The van der Waals surface area contributed by atoms with E-state index in [-0.39, 0.29) is 5.82 Å². The zero-order valence-electron chi connectivity index (χ0n) is 5.06. The van der Waals surface area contributed by atoms with Crippen LogP contribution in [0.2, 0.25) is 0 Å². The molecule has 0 bridgehead atoms. The lowest BCUT2D eigenvalue weighted by molar-refractivity contribution is 0.639. The van der Waals surface area contributed by atoms with E-state index in [1.165, 1.54) is 12.4 Å². The predicted octanol–water partition coefficient (Wildman–Crippen LogP) is 1.50. The van der Waals surface area contributed by atoms with E-state index < -0.39 is 0 Å². The molecule has 1 radical (unpaired) electrons. The van der Waals surface area contributed by atoms with Crippen molar-refractivity contribution >= 4 is 11.0 Å². The van der Waals surface area contributed by atoms with Gasteiger partial charge in [-0.15, -0.1) is 0 Å². The molecule has 0 unspecified atom stereocenters. The average Bonchev–Trinajstić information content (AvgIpc) is 2.34. The van der Waals surface area contributed by atoms with Crippen LogP contribution in [0.1, 0.15) is 0 Å². The number of nitrogens with zero attached hydrogens (tertiary/aromatic N) is 1. The van der Waals surface area contributed by atoms with Gasteiger partial charge in [-0.2, -0.15) is 0 Å². The Kier molecular flexibility index (Phi) is 0.974. The van der Waals surface area contributed by atoms with Gasteiger partial charge in [-0.25, -0.2) is 9.37 Å². The SMILES string of the molecule is Fc1c[nH]c2nc[c]cc12. The van der Waals surface area contributed by atoms with Gasteiger partial charge < -0.3 is 4.98 Å². The number of pyridine rings is 1. The third-order valence-corrected chi connectivity index (χ3v) is 1.34. The number of halogens is 1. The van der Waals surface area contributed by atoms with Gasteiger partial charge in [-0.05, 0) is 6.07 Å². The van der Waals surface area contributed by atoms with E-state index in [9.17, 15) is 4.39 Å². The van der Waals surface area contributed by atoms with Crippen molar-refractivity contribution in [3.63, 3.8) is 0 Å². The molecule has 0 saturated carbocycles. The number of hydrogen-bond acceptors (Lipinski definition) is 1. The first-order valence-electron chi connectivity index (χ1n) is 2.86. The molecule has 49 valence electrons. The zero-order chi connectivity index (χ0) is 6.97. The number of H-pyrrole nitrogens is 1. The van der Waals surface area contributed by atoms with Gasteiger partial charge in [0.05, 0.1) is 5.39 Å². The van der Waals surface area contributed by atoms with Gasteiger partial charge in [0, 0.05) is 18.5 Å². The molecule has 2 nitrogen and oxygen atoms in total. The predicted molar refractivity (Wildman–Crippen MR) is 34.9 cm³/mol. The monoisotopic (exact) mass is 135 g/mol. The quantitative estimate of drug-likeness (QED) is 0.582. The van der Waals surface area contributed by atoms with Crippen LogP contribution in [0.25, 0.3) is 11.0 Å². The van der Waals surface area contributed by atoms with Crippen molar-refractivity contribution in [3.05, 3.63) is 30.3 Å². The summed E-state index contributed by atoms with van der Waals surface area (Å²) >= 11 is 0. The van der Waals surface area contributed by atoms with E-state index in [0.717, 1.165) is 0 Å². The van der Waals surface area contributed by atoms with Gasteiger partial charge in [0.15, 0.2) is 0 Å². The number of hydrogen-bond donors (Lipinski definition) is 1. The van der Waals surface area contributed by atoms with Crippen molar-refractivity contribution in [2.45, 2.75) is 0 Å². The van der Waals surface area contributed by atoms with Crippen LogP contribution >= 0.6 is 0 Å². The fraction of sp³-hybridized carbons (Fsp3) is 0. The molecule has 0 aliphatic rings. The highest BCUT2D eigenvalue weighted by molar-refractivity contribution is 5.75. The van der Waals surface area contributed by atoms with E-state index in [0.29, 0.717) is 11.0 Å².